The van der Waals surface area contributed by atoms with Crippen LogP contribution in [-0.2, 0) is 6.61 Å². The summed E-state index contributed by atoms with van der Waals surface area (Å²) < 4.78 is 19.4. The third-order valence-corrected chi connectivity index (χ3v) is 4.24. The smallest absolute Gasteiger partial charge is 0.324 e. The first kappa shape index (κ1) is 16.6. The van der Waals surface area contributed by atoms with Gasteiger partial charge in [0, 0.05) is 0 Å². The fourth-order valence-electron chi connectivity index (χ4n) is 2.11. The highest BCUT2D eigenvalue weighted by Crippen LogP contribution is 2.28. The van der Waals surface area contributed by atoms with Crippen LogP contribution in [0.25, 0.3) is 6.08 Å². The SMILES string of the molecule is O=C1NC(=S)C(=Cc2ccc(OCc3ccc(F)cc3)c(Br)c2)N1. The third-order valence-electron chi connectivity index (χ3n) is 3.29. The average molecular weight is 407 g/mol. The highest BCUT2D eigenvalue weighted by atomic mass is 79.9. The summed E-state index contributed by atoms with van der Waals surface area (Å²) in [6.45, 7) is 0.337. The molecule has 2 N–H and O–H groups in total. The molecule has 2 aromatic rings. The third kappa shape index (κ3) is 3.98. The van der Waals surface area contributed by atoms with Gasteiger partial charge in [-0.2, -0.15) is 0 Å². The van der Waals surface area contributed by atoms with Crippen molar-refractivity contribution in [3.05, 3.63) is 69.6 Å². The summed E-state index contributed by atoms with van der Waals surface area (Å²) >= 11 is 8.51. The number of hydrogen-bond donors (Lipinski definition) is 2. The summed E-state index contributed by atoms with van der Waals surface area (Å²) in [6.07, 6.45) is 1.77. The fraction of sp³-hybridized carbons (Fsp3) is 0.0588. The lowest BCUT2D eigenvalue weighted by Crippen LogP contribution is -2.21. The van der Waals surface area contributed by atoms with E-state index >= 15 is 0 Å². The largest absolute Gasteiger partial charge is 0.488 e. The number of carbonyl (C=O) groups is 1. The Balaban J connectivity index is 1.70. The van der Waals surface area contributed by atoms with Crippen LogP contribution in [0.3, 0.4) is 0 Å². The molecule has 4 nitrogen and oxygen atoms in total. The highest BCUT2D eigenvalue weighted by molar-refractivity contribution is 9.10. The van der Waals surface area contributed by atoms with E-state index in [1.54, 1.807) is 18.2 Å². The van der Waals surface area contributed by atoms with Crippen molar-refractivity contribution in [2.75, 3.05) is 0 Å². The molecule has 0 saturated carbocycles. The summed E-state index contributed by atoms with van der Waals surface area (Å²) in [4.78, 5) is 11.6. The van der Waals surface area contributed by atoms with Gasteiger partial charge in [-0.05, 0) is 57.4 Å². The molecule has 7 heteroatoms. The predicted octanol–water partition coefficient (Wildman–Crippen LogP) is 4.15. The number of carbonyl (C=O) groups excluding carboxylic acids is 1. The van der Waals surface area contributed by atoms with Crippen LogP contribution < -0.4 is 15.4 Å². The molecule has 122 valence electrons. The Labute approximate surface area is 151 Å². The lowest BCUT2D eigenvalue weighted by atomic mass is 10.2. The number of benzene rings is 2. The van der Waals surface area contributed by atoms with Crippen LogP contribution in [0, 0.1) is 5.82 Å². The van der Waals surface area contributed by atoms with Crippen molar-refractivity contribution in [1.29, 1.82) is 0 Å². The van der Waals surface area contributed by atoms with E-state index in [1.807, 2.05) is 18.2 Å². The molecule has 3 rings (SSSR count). The molecule has 0 atom stereocenters. The molecular weight excluding hydrogens is 395 g/mol. The molecule has 2 amide bonds. The number of amides is 2. The minimum absolute atomic E-state index is 0.274. The van der Waals surface area contributed by atoms with Gasteiger partial charge in [0.1, 0.15) is 23.2 Å². The minimum atomic E-state index is -0.329. The molecular formula is C17H12BrFN2O2S. The minimum Gasteiger partial charge on any atom is -0.488 e. The highest BCUT2D eigenvalue weighted by Gasteiger charge is 2.19. The normalized spacial score (nSPS) is 15.3. The lowest BCUT2D eigenvalue weighted by molar-refractivity contribution is 0.250. The molecule has 1 fully saturated rings. The van der Waals surface area contributed by atoms with Crippen LogP contribution in [0.2, 0.25) is 0 Å². The van der Waals surface area contributed by atoms with Gasteiger partial charge >= 0.3 is 6.03 Å². The van der Waals surface area contributed by atoms with E-state index < -0.39 is 0 Å². The Bertz CT molecular complexity index is 837. The van der Waals surface area contributed by atoms with E-state index in [0.29, 0.717) is 23.0 Å². The van der Waals surface area contributed by atoms with Crippen LogP contribution in [0.15, 0.2) is 52.6 Å². The molecule has 1 heterocycles. The number of nitrogens with one attached hydrogen (secondary N) is 2. The van der Waals surface area contributed by atoms with E-state index in [4.69, 9.17) is 17.0 Å². The van der Waals surface area contributed by atoms with Crippen molar-refractivity contribution in [1.82, 2.24) is 10.6 Å². The van der Waals surface area contributed by atoms with Gasteiger partial charge in [-0.3, -0.25) is 5.32 Å². The van der Waals surface area contributed by atoms with Gasteiger partial charge in [0.05, 0.1) is 10.2 Å². The Morgan fingerprint density at radius 1 is 1.17 bits per heavy atom. The van der Waals surface area contributed by atoms with E-state index in [1.165, 1.54) is 12.1 Å². The monoisotopic (exact) mass is 406 g/mol. The number of rotatable bonds is 4. The maximum absolute atomic E-state index is 12.9. The second-order valence-electron chi connectivity index (χ2n) is 5.07. The summed E-state index contributed by atoms with van der Waals surface area (Å²) in [5.74, 6) is 0.390. The van der Waals surface area contributed by atoms with Gasteiger partial charge in [-0.15, -0.1) is 0 Å². The zero-order valence-corrected chi connectivity index (χ0v) is 14.7. The topological polar surface area (TPSA) is 50.4 Å². The van der Waals surface area contributed by atoms with Gasteiger partial charge in [-0.1, -0.05) is 30.4 Å². The van der Waals surface area contributed by atoms with E-state index in [2.05, 4.69) is 26.6 Å². The number of thiocarbonyl (C=S) groups is 1. The van der Waals surface area contributed by atoms with Crippen molar-refractivity contribution in [2.24, 2.45) is 0 Å². The first-order valence-electron chi connectivity index (χ1n) is 7.02. The molecule has 0 spiro atoms. The summed E-state index contributed by atoms with van der Waals surface area (Å²) in [6, 6.07) is 11.4. The van der Waals surface area contributed by atoms with E-state index in [-0.39, 0.29) is 11.8 Å². The van der Waals surface area contributed by atoms with Gasteiger partial charge < -0.3 is 10.1 Å². The molecule has 0 bridgehead atoms. The summed E-state index contributed by atoms with van der Waals surface area (Å²) in [5, 5.41) is 5.14. The van der Waals surface area contributed by atoms with Gasteiger partial charge in [0.15, 0.2) is 0 Å². The molecule has 0 unspecified atom stereocenters. The summed E-state index contributed by atoms with van der Waals surface area (Å²) in [7, 11) is 0. The Kier molecular flexibility index (Phi) is 4.92. The van der Waals surface area contributed by atoms with Gasteiger partial charge in [0.25, 0.3) is 0 Å². The molecule has 1 saturated heterocycles. The number of halogens is 2. The Hall–Kier alpha value is -2.25. The van der Waals surface area contributed by atoms with Gasteiger partial charge in [-0.25, -0.2) is 9.18 Å². The molecule has 0 aromatic heterocycles. The quantitative estimate of drug-likeness (QED) is 0.592. The maximum Gasteiger partial charge on any atom is 0.324 e. The molecule has 0 aliphatic carbocycles. The van der Waals surface area contributed by atoms with E-state index in [9.17, 15) is 9.18 Å². The molecule has 1 aliphatic heterocycles. The maximum atomic E-state index is 12.9. The van der Waals surface area contributed by atoms with Crippen LogP contribution in [0.1, 0.15) is 11.1 Å². The zero-order chi connectivity index (χ0) is 17.1. The van der Waals surface area contributed by atoms with Crippen LogP contribution in [-0.4, -0.2) is 11.0 Å². The van der Waals surface area contributed by atoms with Crippen LogP contribution >= 0.6 is 28.1 Å². The Morgan fingerprint density at radius 3 is 2.54 bits per heavy atom. The van der Waals surface area contributed by atoms with Crippen molar-refractivity contribution in [3.63, 3.8) is 0 Å². The second-order valence-corrected chi connectivity index (χ2v) is 6.33. The summed E-state index contributed by atoms with van der Waals surface area (Å²) in [5.41, 5.74) is 2.29. The number of ether oxygens (including phenoxy) is 1. The van der Waals surface area contributed by atoms with Crippen LogP contribution in [0.5, 0.6) is 5.75 Å². The molecule has 2 aromatic carbocycles. The fourth-order valence-corrected chi connectivity index (χ4v) is 2.83. The number of hydrogen-bond acceptors (Lipinski definition) is 3. The van der Waals surface area contributed by atoms with Crippen molar-refractivity contribution >= 4 is 45.2 Å². The Morgan fingerprint density at radius 2 is 1.92 bits per heavy atom. The number of urea groups is 1. The first-order chi connectivity index (χ1) is 11.5. The first-order valence-corrected chi connectivity index (χ1v) is 8.22. The predicted molar refractivity (Wildman–Crippen MR) is 97.1 cm³/mol. The lowest BCUT2D eigenvalue weighted by Gasteiger charge is -2.09. The average Bonchev–Trinajstić information content (AvgIpc) is 2.86. The van der Waals surface area contributed by atoms with Crippen molar-refractivity contribution < 1.29 is 13.9 Å². The van der Waals surface area contributed by atoms with E-state index in [0.717, 1.165) is 15.6 Å². The second kappa shape index (κ2) is 7.11. The van der Waals surface area contributed by atoms with Crippen molar-refractivity contribution in [2.45, 2.75) is 6.61 Å². The standard InChI is InChI=1S/C17H12BrFN2O2S/c18-13-7-11(8-14-16(24)21-17(22)20-14)3-6-15(13)23-9-10-1-4-12(19)5-2-10/h1-8H,9H2,(H2,20,21,22,24). The zero-order valence-electron chi connectivity index (χ0n) is 12.3. The van der Waals surface area contributed by atoms with Crippen molar-refractivity contribution in [3.8, 4) is 5.75 Å². The van der Waals surface area contributed by atoms with Gasteiger partial charge in [0.2, 0.25) is 0 Å². The van der Waals surface area contributed by atoms with Crippen LogP contribution in [0.4, 0.5) is 9.18 Å². The molecule has 24 heavy (non-hydrogen) atoms. The molecule has 0 radical (unpaired) electrons. The molecule has 1 aliphatic rings.